The van der Waals surface area contributed by atoms with Crippen molar-refractivity contribution in [3.63, 3.8) is 0 Å². The Labute approximate surface area is 95.4 Å². The number of rotatable bonds is 7. The second-order valence-electron chi connectivity index (χ2n) is 4.27. The van der Waals surface area contributed by atoms with Gasteiger partial charge in [-0.25, -0.2) is 0 Å². The SMILES string of the molecule is C/C=C\C=C(/CC)[C@H](C)CCC(N)CC. The van der Waals surface area contributed by atoms with Crippen molar-refractivity contribution in [2.24, 2.45) is 11.7 Å². The van der Waals surface area contributed by atoms with E-state index >= 15 is 0 Å². The summed E-state index contributed by atoms with van der Waals surface area (Å²) in [6.07, 6.45) is 11.1. The summed E-state index contributed by atoms with van der Waals surface area (Å²) >= 11 is 0. The largest absolute Gasteiger partial charge is 0.328 e. The van der Waals surface area contributed by atoms with Gasteiger partial charge in [0.25, 0.3) is 0 Å². The molecule has 1 unspecified atom stereocenters. The van der Waals surface area contributed by atoms with Crippen molar-refractivity contribution < 1.29 is 0 Å². The van der Waals surface area contributed by atoms with Gasteiger partial charge in [-0.2, -0.15) is 0 Å². The fraction of sp³-hybridized carbons (Fsp3) is 0.714. The van der Waals surface area contributed by atoms with Gasteiger partial charge >= 0.3 is 0 Å². The third-order valence-corrected chi connectivity index (χ3v) is 3.04. The average Bonchev–Trinajstić information content (AvgIpc) is 2.26. The van der Waals surface area contributed by atoms with Crippen LogP contribution in [0.25, 0.3) is 0 Å². The van der Waals surface area contributed by atoms with Crippen molar-refractivity contribution in [3.05, 3.63) is 23.8 Å². The Morgan fingerprint density at radius 2 is 1.93 bits per heavy atom. The molecule has 1 heteroatoms. The quantitative estimate of drug-likeness (QED) is 0.629. The van der Waals surface area contributed by atoms with Gasteiger partial charge in [-0.3, -0.25) is 0 Å². The molecule has 0 fully saturated rings. The van der Waals surface area contributed by atoms with Crippen LogP contribution in [0, 0.1) is 5.92 Å². The molecule has 0 rings (SSSR count). The Kier molecular flexibility index (Phi) is 8.40. The lowest BCUT2D eigenvalue weighted by molar-refractivity contribution is 0.496. The molecule has 0 aliphatic rings. The van der Waals surface area contributed by atoms with Gasteiger partial charge in [-0.1, -0.05) is 44.6 Å². The van der Waals surface area contributed by atoms with Gasteiger partial charge in [0.2, 0.25) is 0 Å². The Bertz CT molecular complexity index is 203. The molecule has 0 heterocycles. The maximum Gasteiger partial charge on any atom is 0.00364 e. The monoisotopic (exact) mass is 209 g/mol. The van der Waals surface area contributed by atoms with Gasteiger partial charge in [0.05, 0.1) is 0 Å². The molecule has 0 bridgehead atoms. The summed E-state index contributed by atoms with van der Waals surface area (Å²) < 4.78 is 0. The van der Waals surface area contributed by atoms with Crippen molar-refractivity contribution in [1.82, 2.24) is 0 Å². The third kappa shape index (κ3) is 6.51. The fourth-order valence-electron chi connectivity index (χ4n) is 1.70. The van der Waals surface area contributed by atoms with E-state index in [9.17, 15) is 0 Å². The lowest BCUT2D eigenvalue weighted by Gasteiger charge is -2.16. The van der Waals surface area contributed by atoms with Gasteiger partial charge in [0.1, 0.15) is 0 Å². The van der Waals surface area contributed by atoms with E-state index in [0.717, 1.165) is 19.3 Å². The van der Waals surface area contributed by atoms with Crippen LogP contribution in [0.15, 0.2) is 23.8 Å². The highest BCUT2D eigenvalue weighted by Gasteiger charge is 2.08. The first-order valence-corrected chi connectivity index (χ1v) is 6.22. The van der Waals surface area contributed by atoms with E-state index in [2.05, 4.69) is 45.9 Å². The van der Waals surface area contributed by atoms with Crippen molar-refractivity contribution >= 4 is 0 Å². The minimum atomic E-state index is 0.382. The minimum Gasteiger partial charge on any atom is -0.328 e. The molecule has 0 aliphatic heterocycles. The Morgan fingerprint density at radius 1 is 1.27 bits per heavy atom. The zero-order valence-electron chi connectivity index (χ0n) is 10.8. The van der Waals surface area contributed by atoms with E-state index in [-0.39, 0.29) is 0 Å². The van der Waals surface area contributed by atoms with E-state index in [0.29, 0.717) is 12.0 Å². The fourth-order valence-corrected chi connectivity index (χ4v) is 1.70. The Morgan fingerprint density at radius 3 is 2.40 bits per heavy atom. The number of nitrogens with two attached hydrogens (primary N) is 1. The summed E-state index contributed by atoms with van der Waals surface area (Å²) in [5.41, 5.74) is 7.47. The van der Waals surface area contributed by atoms with Crippen LogP contribution in [0.1, 0.15) is 53.4 Å². The summed E-state index contributed by atoms with van der Waals surface area (Å²) in [4.78, 5) is 0. The molecule has 0 aromatic carbocycles. The molecule has 1 nitrogen and oxygen atoms in total. The molecule has 0 saturated carbocycles. The van der Waals surface area contributed by atoms with E-state index in [1.54, 1.807) is 0 Å². The van der Waals surface area contributed by atoms with Crippen LogP contribution in [-0.2, 0) is 0 Å². The Balaban J connectivity index is 4.10. The highest BCUT2D eigenvalue weighted by molar-refractivity contribution is 5.14. The summed E-state index contributed by atoms with van der Waals surface area (Å²) in [6.45, 7) is 8.75. The molecule has 15 heavy (non-hydrogen) atoms. The molecule has 0 radical (unpaired) electrons. The van der Waals surface area contributed by atoms with Gasteiger partial charge in [-0.15, -0.1) is 0 Å². The molecule has 0 spiro atoms. The summed E-state index contributed by atoms with van der Waals surface area (Å²) in [6, 6.07) is 0.382. The smallest absolute Gasteiger partial charge is 0.00364 e. The summed E-state index contributed by atoms with van der Waals surface area (Å²) in [7, 11) is 0. The lowest BCUT2D eigenvalue weighted by atomic mass is 9.91. The summed E-state index contributed by atoms with van der Waals surface area (Å²) in [5, 5.41) is 0. The van der Waals surface area contributed by atoms with E-state index in [4.69, 9.17) is 5.73 Å². The first-order chi connectivity index (χ1) is 7.15. The third-order valence-electron chi connectivity index (χ3n) is 3.04. The predicted molar refractivity (Wildman–Crippen MR) is 69.9 cm³/mol. The predicted octanol–water partition coefficient (Wildman–Crippen LogP) is 4.05. The zero-order chi connectivity index (χ0) is 11.7. The molecule has 0 aliphatic carbocycles. The van der Waals surface area contributed by atoms with Crippen LogP contribution in [0.4, 0.5) is 0 Å². The van der Waals surface area contributed by atoms with E-state index in [1.165, 1.54) is 12.0 Å². The molecule has 2 atom stereocenters. The first kappa shape index (κ1) is 14.4. The highest BCUT2D eigenvalue weighted by atomic mass is 14.6. The Hall–Kier alpha value is -0.560. The zero-order valence-corrected chi connectivity index (χ0v) is 10.8. The van der Waals surface area contributed by atoms with E-state index in [1.807, 2.05) is 0 Å². The molecular weight excluding hydrogens is 182 g/mol. The number of allylic oxidation sites excluding steroid dienone is 4. The van der Waals surface area contributed by atoms with Gasteiger partial charge in [0.15, 0.2) is 0 Å². The average molecular weight is 209 g/mol. The molecule has 2 N–H and O–H groups in total. The number of hydrogen-bond donors (Lipinski definition) is 1. The van der Waals surface area contributed by atoms with Crippen molar-refractivity contribution in [2.75, 3.05) is 0 Å². The molecular formula is C14H27N. The molecule has 0 aromatic rings. The molecule has 0 amide bonds. The van der Waals surface area contributed by atoms with Crippen LogP contribution in [0.2, 0.25) is 0 Å². The summed E-state index contributed by atoms with van der Waals surface area (Å²) in [5.74, 6) is 0.670. The van der Waals surface area contributed by atoms with Gasteiger partial charge in [-0.05, 0) is 38.5 Å². The van der Waals surface area contributed by atoms with Crippen LogP contribution in [0.3, 0.4) is 0 Å². The standard InChI is InChI=1S/C14H27N/c1-5-8-9-13(6-2)12(4)10-11-14(15)7-3/h5,8-9,12,14H,6-7,10-11,15H2,1-4H3/b8-5-,13-9+/t12-,14?/m1/s1. The van der Waals surface area contributed by atoms with Crippen LogP contribution < -0.4 is 5.73 Å². The normalized spacial score (nSPS) is 17.0. The van der Waals surface area contributed by atoms with Crippen LogP contribution in [-0.4, -0.2) is 6.04 Å². The molecule has 0 aromatic heterocycles. The van der Waals surface area contributed by atoms with Crippen molar-refractivity contribution in [2.45, 2.75) is 59.4 Å². The molecule has 0 saturated heterocycles. The molecule has 88 valence electrons. The highest BCUT2D eigenvalue weighted by Crippen LogP contribution is 2.20. The second-order valence-corrected chi connectivity index (χ2v) is 4.27. The van der Waals surface area contributed by atoms with Crippen molar-refractivity contribution in [1.29, 1.82) is 0 Å². The lowest BCUT2D eigenvalue weighted by Crippen LogP contribution is -2.19. The van der Waals surface area contributed by atoms with Crippen molar-refractivity contribution in [3.8, 4) is 0 Å². The number of hydrogen-bond acceptors (Lipinski definition) is 1. The van der Waals surface area contributed by atoms with E-state index < -0.39 is 0 Å². The minimum absolute atomic E-state index is 0.382. The second kappa shape index (κ2) is 8.72. The van der Waals surface area contributed by atoms with Crippen LogP contribution in [0.5, 0.6) is 0 Å². The maximum atomic E-state index is 5.93. The maximum absolute atomic E-state index is 5.93. The first-order valence-electron chi connectivity index (χ1n) is 6.22. The van der Waals surface area contributed by atoms with Crippen LogP contribution >= 0.6 is 0 Å². The topological polar surface area (TPSA) is 26.0 Å². The van der Waals surface area contributed by atoms with Gasteiger partial charge < -0.3 is 5.73 Å². The van der Waals surface area contributed by atoms with Gasteiger partial charge in [0, 0.05) is 6.04 Å².